The number of rotatable bonds is 2. The molecule has 0 bridgehead atoms. The Bertz CT molecular complexity index is 702. The van der Waals surface area contributed by atoms with E-state index in [0.717, 1.165) is 5.56 Å². The van der Waals surface area contributed by atoms with E-state index in [4.69, 9.17) is 23.2 Å². The average Bonchev–Trinajstić information content (AvgIpc) is 2.47. The summed E-state index contributed by atoms with van der Waals surface area (Å²) >= 11 is 11.8. The highest BCUT2D eigenvalue weighted by atomic mass is 35.5. The van der Waals surface area contributed by atoms with Crippen LogP contribution in [0.3, 0.4) is 0 Å². The predicted molar refractivity (Wildman–Crippen MR) is 82.6 cm³/mol. The van der Waals surface area contributed by atoms with Crippen molar-refractivity contribution in [2.75, 3.05) is 0 Å². The smallest absolute Gasteiger partial charge is 0.267 e. The Morgan fingerprint density at radius 1 is 0.857 bits per heavy atom. The van der Waals surface area contributed by atoms with E-state index in [-0.39, 0.29) is 15.6 Å². The van der Waals surface area contributed by atoms with Crippen LogP contribution in [0.4, 0.5) is 0 Å². The molecule has 0 aliphatic carbocycles. The Morgan fingerprint density at radius 3 is 2.10 bits per heavy atom. The van der Waals surface area contributed by atoms with E-state index in [1.165, 1.54) is 6.07 Å². The number of nitrogens with one attached hydrogen (secondary N) is 2. The van der Waals surface area contributed by atoms with Crippen molar-refractivity contribution < 1.29 is 9.59 Å². The molecule has 0 fully saturated rings. The molecule has 6 heteroatoms. The quantitative estimate of drug-likeness (QED) is 0.833. The van der Waals surface area contributed by atoms with Crippen molar-refractivity contribution in [2.24, 2.45) is 0 Å². The molecule has 21 heavy (non-hydrogen) atoms. The molecular weight excluding hydrogens is 311 g/mol. The molecule has 0 aromatic heterocycles. The van der Waals surface area contributed by atoms with Crippen molar-refractivity contribution in [1.82, 2.24) is 10.9 Å². The van der Waals surface area contributed by atoms with Crippen LogP contribution in [0.15, 0.2) is 42.5 Å². The molecule has 0 unspecified atom stereocenters. The van der Waals surface area contributed by atoms with Crippen LogP contribution >= 0.6 is 23.2 Å². The second-order valence-corrected chi connectivity index (χ2v) is 5.11. The minimum atomic E-state index is -0.538. The Kier molecular flexibility index (Phi) is 4.83. The molecule has 108 valence electrons. The van der Waals surface area contributed by atoms with Gasteiger partial charge in [0.15, 0.2) is 0 Å². The molecule has 0 aliphatic heterocycles. The standard InChI is InChI=1S/C15H12Cl2N2O2/c1-9-5-2-3-6-10(9)14(20)18-19-15(21)11-7-4-8-12(16)13(11)17/h2-8H,1H3,(H,18,20)(H,19,21). The van der Waals surface area contributed by atoms with E-state index in [1.54, 1.807) is 24.3 Å². The van der Waals surface area contributed by atoms with Crippen molar-refractivity contribution >= 4 is 35.0 Å². The third kappa shape index (κ3) is 3.54. The zero-order chi connectivity index (χ0) is 15.4. The lowest BCUT2D eigenvalue weighted by molar-refractivity contribution is 0.0846. The summed E-state index contributed by atoms with van der Waals surface area (Å²) in [6.45, 7) is 1.81. The highest BCUT2D eigenvalue weighted by Crippen LogP contribution is 2.25. The zero-order valence-electron chi connectivity index (χ0n) is 11.1. The first-order valence-electron chi connectivity index (χ1n) is 6.11. The number of benzene rings is 2. The number of hydrogen-bond donors (Lipinski definition) is 2. The molecule has 2 N–H and O–H groups in total. The second-order valence-electron chi connectivity index (χ2n) is 4.32. The fourth-order valence-corrected chi connectivity index (χ4v) is 2.14. The van der Waals surface area contributed by atoms with Crippen LogP contribution in [-0.4, -0.2) is 11.8 Å². The van der Waals surface area contributed by atoms with Crippen molar-refractivity contribution in [3.63, 3.8) is 0 Å². The van der Waals surface area contributed by atoms with E-state index < -0.39 is 11.8 Å². The maximum atomic E-state index is 12.0. The van der Waals surface area contributed by atoms with Crippen LogP contribution < -0.4 is 10.9 Å². The SMILES string of the molecule is Cc1ccccc1C(=O)NNC(=O)c1cccc(Cl)c1Cl. The molecule has 2 aromatic carbocycles. The lowest BCUT2D eigenvalue weighted by Gasteiger charge is -2.10. The van der Waals surface area contributed by atoms with E-state index in [9.17, 15) is 9.59 Å². The zero-order valence-corrected chi connectivity index (χ0v) is 12.6. The number of hydrazine groups is 1. The number of aryl methyl sites for hydroxylation is 1. The van der Waals surface area contributed by atoms with Gasteiger partial charge in [0.25, 0.3) is 11.8 Å². The number of halogens is 2. The molecule has 0 saturated heterocycles. The van der Waals surface area contributed by atoms with Gasteiger partial charge in [0.1, 0.15) is 0 Å². The Balaban J connectivity index is 2.06. The monoisotopic (exact) mass is 322 g/mol. The van der Waals surface area contributed by atoms with Crippen LogP contribution in [-0.2, 0) is 0 Å². The first-order valence-corrected chi connectivity index (χ1v) is 6.86. The van der Waals surface area contributed by atoms with Gasteiger partial charge in [0.05, 0.1) is 15.6 Å². The minimum Gasteiger partial charge on any atom is -0.267 e. The summed E-state index contributed by atoms with van der Waals surface area (Å²) in [6.07, 6.45) is 0. The summed E-state index contributed by atoms with van der Waals surface area (Å²) in [5, 5.41) is 0.413. The molecule has 2 aromatic rings. The molecule has 4 nitrogen and oxygen atoms in total. The second kappa shape index (κ2) is 6.61. The molecule has 0 radical (unpaired) electrons. The molecule has 0 spiro atoms. The Hall–Kier alpha value is -2.04. The number of amides is 2. The van der Waals surface area contributed by atoms with Gasteiger partial charge in [0.2, 0.25) is 0 Å². The van der Waals surface area contributed by atoms with Crippen LogP contribution in [0.5, 0.6) is 0 Å². The fraction of sp³-hybridized carbons (Fsp3) is 0.0667. The normalized spacial score (nSPS) is 10.0. The van der Waals surface area contributed by atoms with Gasteiger partial charge in [-0.2, -0.15) is 0 Å². The van der Waals surface area contributed by atoms with Gasteiger partial charge >= 0.3 is 0 Å². The van der Waals surface area contributed by atoms with Crippen molar-refractivity contribution in [1.29, 1.82) is 0 Å². The summed E-state index contributed by atoms with van der Waals surface area (Å²) in [5.41, 5.74) is 6.14. The van der Waals surface area contributed by atoms with Gasteiger partial charge in [-0.3, -0.25) is 20.4 Å². The fourth-order valence-electron chi connectivity index (χ4n) is 1.76. The number of hydrogen-bond acceptors (Lipinski definition) is 2. The third-order valence-corrected chi connectivity index (χ3v) is 3.69. The van der Waals surface area contributed by atoms with Gasteiger partial charge < -0.3 is 0 Å². The first kappa shape index (κ1) is 15.4. The van der Waals surface area contributed by atoms with Crippen LogP contribution in [0, 0.1) is 6.92 Å². The van der Waals surface area contributed by atoms with E-state index in [2.05, 4.69) is 10.9 Å². The largest absolute Gasteiger partial charge is 0.271 e. The molecule has 2 rings (SSSR count). The summed E-state index contributed by atoms with van der Waals surface area (Å²) in [7, 11) is 0. The van der Waals surface area contributed by atoms with E-state index in [0.29, 0.717) is 5.56 Å². The Labute approximate surface area is 132 Å². The highest BCUT2D eigenvalue weighted by Gasteiger charge is 2.14. The van der Waals surface area contributed by atoms with Gasteiger partial charge in [0, 0.05) is 5.56 Å². The molecular formula is C15H12Cl2N2O2. The van der Waals surface area contributed by atoms with Crippen LogP contribution in [0.2, 0.25) is 10.0 Å². The molecule has 0 saturated carbocycles. The summed E-state index contributed by atoms with van der Waals surface area (Å²) in [5.74, 6) is -0.941. The van der Waals surface area contributed by atoms with Crippen molar-refractivity contribution in [3.8, 4) is 0 Å². The summed E-state index contributed by atoms with van der Waals surface area (Å²) in [6, 6.07) is 11.8. The van der Waals surface area contributed by atoms with Crippen LogP contribution in [0.1, 0.15) is 26.3 Å². The molecule has 0 heterocycles. The summed E-state index contributed by atoms with van der Waals surface area (Å²) < 4.78 is 0. The molecule has 0 atom stereocenters. The maximum Gasteiger partial charge on any atom is 0.271 e. The summed E-state index contributed by atoms with van der Waals surface area (Å²) in [4.78, 5) is 23.9. The lowest BCUT2D eigenvalue weighted by Crippen LogP contribution is -2.42. The number of carbonyl (C=O) groups is 2. The Morgan fingerprint density at radius 2 is 1.43 bits per heavy atom. The first-order chi connectivity index (χ1) is 10.0. The topological polar surface area (TPSA) is 58.2 Å². The predicted octanol–water partition coefficient (Wildman–Crippen LogP) is 3.38. The van der Waals surface area contributed by atoms with E-state index in [1.807, 2.05) is 19.1 Å². The van der Waals surface area contributed by atoms with Crippen LogP contribution in [0.25, 0.3) is 0 Å². The average molecular weight is 323 g/mol. The van der Waals surface area contributed by atoms with Gasteiger partial charge in [-0.05, 0) is 30.7 Å². The minimum absolute atomic E-state index is 0.141. The van der Waals surface area contributed by atoms with Gasteiger partial charge in [-0.25, -0.2) is 0 Å². The van der Waals surface area contributed by atoms with Crippen molar-refractivity contribution in [2.45, 2.75) is 6.92 Å². The van der Waals surface area contributed by atoms with Crippen molar-refractivity contribution in [3.05, 3.63) is 69.2 Å². The highest BCUT2D eigenvalue weighted by molar-refractivity contribution is 6.43. The number of carbonyl (C=O) groups excluding carboxylic acids is 2. The van der Waals surface area contributed by atoms with Gasteiger partial charge in [-0.15, -0.1) is 0 Å². The molecule has 0 aliphatic rings. The van der Waals surface area contributed by atoms with Gasteiger partial charge in [-0.1, -0.05) is 47.5 Å². The van der Waals surface area contributed by atoms with E-state index >= 15 is 0 Å². The maximum absolute atomic E-state index is 12.0. The molecule has 2 amide bonds. The third-order valence-electron chi connectivity index (χ3n) is 2.88. The lowest BCUT2D eigenvalue weighted by atomic mass is 10.1.